The summed E-state index contributed by atoms with van der Waals surface area (Å²) < 4.78 is 16.4. The van der Waals surface area contributed by atoms with Crippen molar-refractivity contribution in [2.24, 2.45) is 0 Å². The molecule has 4 nitrogen and oxygen atoms in total. The third-order valence-corrected chi connectivity index (χ3v) is 7.01. The zero-order valence-electron chi connectivity index (χ0n) is 17.0. The Hall–Kier alpha value is -2.68. The fourth-order valence-corrected chi connectivity index (χ4v) is 5.45. The molecule has 0 saturated heterocycles. The van der Waals surface area contributed by atoms with Crippen LogP contribution in [0.5, 0.6) is 0 Å². The number of halogens is 2. The van der Waals surface area contributed by atoms with Crippen molar-refractivity contribution in [2.75, 3.05) is 0 Å². The maximum absolute atomic E-state index is 14.4. The van der Waals surface area contributed by atoms with Crippen LogP contribution in [0.3, 0.4) is 0 Å². The van der Waals surface area contributed by atoms with Gasteiger partial charge in [0, 0.05) is 36.3 Å². The molecule has 2 aliphatic rings. The van der Waals surface area contributed by atoms with Gasteiger partial charge in [-0.3, -0.25) is 4.90 Å². The van der Waals surface area contributed by atoms with Crippen LogP contribution in [0, 0.1) is 19.3 Å². The monoisotopic (exact) mass is 420 g/mol. The van der Waals surface area contributed by atoms with Gasteiger partial charge in [0.1, 0.15) is 5.82 Å². The van der Waals surface area contributed by atoms with E-state index in [0.717, 1.165) is 35.5 Å². The number of hydrogen-bond acceptors (Lipinski definition) is 2. The zero-order valence-corrected chi connectivity index (χ0v) is 17.7. The smallest absolute Gasteiger partial charge is 0.192 e. The average Bonchev–Trinajstić information content (AvgIpc) is 3.32. The average molecular weight is 421 g/mol. The molecule has 0 amide bonds. The van der Waals surface area contributed by atoms with E-state index in [1.165, 1.54) is 11.6 Å². The summed E-state index contributed by atoms with van der Waals surface area (Å²) in [5.41, 5.74) is 6.51. The quantitative estimate of drug-likeness (QED) is 0.478. The molecule has 3 aromatic rings. The summed E-state index contributed by atoms with van der Waals surface area (Å²) in [5.74, 6) is 0.0607. The number of nitrogens with zero attached hydrogens (tertiary/aromatic N) is 4. The number of aryl methyl sites for hydroxylation is 1. The normalized spacial score (nSPS) is 20.6. The highest BCUT2D eigenvalue weighted by Crippen LogP contribution is 2.42. The molecular formula is C24H22ClFN4. The minimum absolute atomic E-state index is 0.202. The first kappa shape index (κ1) is 19.3. The third-order valence-electron chi connectivity index (χ3n) is 6.69. The van der Waals surface area contributed by atoms with Crippen LogP contribution in [0.1, 0.15) is 47.3 Å². The van der Waals surface area contributed by atoms with Crippen LogP contribution >= 0.6 is 11.6 Å². The summed E-state index contributed by atoms with van der Waals surface area (Å²) in [5, 5.41) is 5.57. The van der Waals surface area contributed by atoms with Crippen molar-refractivity contribution in [3.8, 4) is 5.69 Å². The van der Waals surface area contributed by atoms with Gasteiger partial charge in [0.2, 0.25) is 0 Å². The van der Waals surface area contributed by atoms with Crippen LogP contribution in [0.15, 0.2) is 36.4 Å². The third kappa shape index (κ3) is 2.86. The second kappa shape index (κ2) is 7.23. The summed E-state index contributed by atoms with van der Waals surface area (Å²) in [6.07, 6.45) is 1.85. The van der Waals surface area contributed by atoms with Crippen molar-refractivity contribution >= 4 is 17.3 Å². The molecule has 0 bridgehead atoms. The van der Waals surface area contributed by atoms with Crippen LogP contribution in [0.4, 0.5) is 10.1 Å². The highest BCUT2D eigenvalue weighted by molar-refractivity contribution is 6.32. The first-order chi connectivity index (χ1) is 14.5. The van der Waals surface area contributed by atoms with Gasteiger partial charge in [-0.1, -0.05) is 36.7 Å². The molecule has 6 heteroatoms. The fraction of sp³-hybridized carbons (Fsp3) is 0.333. The molecule has 0 radical (unpaired) electrons. The molecule has 2 unspecified atom stereocenters. The molecule has 2 atom stereocenters. The molecule has 2 aromatic carbocycles. The molecule has 5 rings (SSSR count). The molecule has 2 heterocycles. The molecule has 0 fully saturated rings. The highest BCUT2D eigenvalue weighted by atomic mass is 35.5. The van der Waals surface area contributed by atoms with E-state index in [0.29, 0.717) is 29.4 Å². The van der Waals surface area contributed by atoms with Crippen molar-refractivity contribution in [3.63, 3.8) is 0 Å². The van der Waals surface area contributed by atoms with Gasteiger partial charge in [-0.15, -0.1) is 0 Å². The molecule has 0 N–H and O–H groups in total. The lowest BCUT2D eigenvalue weighted by Crippen LogP contribution is -2.38. The molecule has 1 aliphatic heterocycles. The van der Waals surface area contributed by atoms with Crippen molar-refractivity contribution < 1.29 is 4.39 Å². The van der Waals surface area contributed by atoms with Crippen LogP contribution in [0.2, 0.25) is 5.02 Å². The predicted octanol–water partition coefficient (Wildman–Crippen LogP) is 5.96. The Morgan fingerprint density at radius 3 is 2.70 bits per heavy atom. The van der Waals surface area contributed by atoms with E-state index in [4.69, 9.17) is 23.3 Å². The molecule has 30 heavy (non-hydrogen) atoms. The SMILES string of the molecule is [C-]#[N+]c1ccc(F)c2c1CN(C1CCc3nn(-c4ccccc4Cl)c(C)c3C1C)C2. The van der Waals surface area contributed by atoms with Crippen LogP contribution in [-0.2, 0) is 19.5 Å². The second-order valence-corrected chi connectivity index (χ2v) is 8.65. The number of para-hydroxylation sites is 1. The van der Waals surface area contributed by atoms with Crippen molar-refractivity contribution in [1.29, 1.82) is 0 Å². The van der Waals surface area contributed by atoms with Gasteiger partial charge in [0.25, 0.3) is 0 Å². The first-order valence-corrected chi connectivity index (χ1v) is 10.6. The van der Waals surface area contributed by atoms with Gasteiger partial charge in [-0.2, -0.15) is 5.10 Å². The summed E-state index contributed by atoms with van der Waals surface area (Å²) in [4.78, 5) is 5.94. The molecular weight excluding hydrogens is 399 g/mol. The Morgan fingerprint density at radius 2 is 1.93 bits per heavy atom. The summed E-state index contributed by atoms with van der Waals surface area (Å²) in [6, 6.07) is 11.1. The van der Waals surface area contributed by atoms with E-state index in [1.807, 2.05) is 28.9 Å². The van der Waals surface area contributed by atoms with E-state index >= 15 is 0 Å². The number of aromatic nitrogens is 2. The summed E-state index contributed by atoms with van der Waals surface area (Å²) >= 11 is 6.43. The van der Waals surface area contributed by atoms with E-state index in [1.54, 1.807) is 6.07 Å². The van der Waals surface area contributed by atoms with Crippen molar-refractivity contribution in [3.05, 3.63) is 86.7 Å². The topological polar surface area (TPSA) is 25.4 Å². The Bertz CT molecular complexity index is 1190. The van der Waals surface area contributed by atoms with Crippen molar-refractivity contribution in [2.45, 2.75) is 51.7 Å². The fourth-order valence-electron chi connectivity index (χ4n) is 5.23. The number of hydrogen-bond donors (Lipinski definition) is 0. The van der Waals surface area contributed by atoms with E-state index in [9.17, 15) is 4.39 Å². The largest absolute Gasteiger partial charge is 0.292 e. The van der Waals surface area contributed by atoms with Crippen LogP contribution < -0.4 is 0 Å². The number of fused-ring (bicyclic) bond motifs is 2. The second-order valence-electron chi connectivity index (χ2n) is 8.24. The molecule has 0 spiro atoms. The molecule has 152 valence electrons. The zero-order chi connectivity index (χ0) is 21.0. The molecule has 1 aliphatic carbocycles. The molecule has 0 saturated carbocycles. The highest BCUT2D eigenvalue weighted by Gasteiger charge is 2.38. The standard InChI is InChI=1S/C24H22ClFN4/c1-14-22(29-12-16-17(13-29)20(27-3)9-8-19(16)26)11-10-21-24(14)15(2)30(28-21)23-7-5-4-6-18(23)25/h4-9,14,22H,10-13H2,1-2H3. The van der Waals surface area contributed by atoms with E-state index < -0.39 is 0 Å². The van der Waals surface area contributed by atoms with E-state index in [-0.39, 0.29) is 17.8 Å². The van der Waals surface area contributed by atoms with Crippen molar-refractivity contribution in [1.82, 2.24) is 14.7 Å². The number of benzene rings is 2. The lowest BCUT2D eigenvalue weighted by molar-refractivity contribution is 0.158. The predicted molar refractivity (Wildman–Crippen MR) is 116 cm³/mol. The molecule has 1 aromatic heterocycles. The Kier molecular flexibility index (Phi) is 4.65. The first-order valence-electron chi connectivity index (χ1n) is 10.2. The minimum atomic E-state index is -0.202. The van der Waals surface area contributed by atoms with Gasteiger partial charge < -0.3 is 0 Å². The van der Waals surface area contributed by atoms with Gasteiger partial charge >= 0.3 is 0 Å². The lowest BCUT2D eigenvalue weighted by Gasteiger charge is -2.36. The summed E-state index contributed by atoms with van der Waals surface area (Å²) in [6.45, 7) is 13.0. The van der Waals surface area contributed by atoms with Crippen LogP contribution in [-0.4, -0.2) is 20.7 Å². The Balaban J connectivity index is 1.48. The van der Waals surface area contributed by atoms with E-state index in [2.05, 4.69) is 23.6 Å². The van der Waals surface area contributed by atoms with Gasteiger partial charge in [-0.25, -0.2) is 13.9 Å². The summed E-state index contributed by atoms with van der Waals surface area (Å²) in [7, 11) is 0. The van der Waals surface area contributed by atoms with Gasteiger partial charge in [-0.05, 0) is 49.1 Å². The minimum Gasteiger partial charge on any atom is -0.292 e. The van der Waals surface area contributed by atoms with Gasteiger partial charge in [0.15, 0.2) is 5.69 Å². The maximum atomic E-state index is 14.4. The van der Waals surface area contributed by atoms with Gasteiger partial charge in [0.05, 0.1) is 23.0 Å². The maximum Gasteiger partial charge on any atom is 0.192 e. The van der Waals surface area contributed by atoms with Crippen LogP contribution in [0.25, 0.3) is 10.5 Å². The number of rotatable bonds is 2. The lowest BCUT2D eigenvalue weighted by atomic mass is 9.81. The Labute approximate surface area is 180 Å². The Morgan fingerprint density at radius 1 is 1.17 bits per heavy atom.